The molecule has 0 spiro atoms. The van der Waals surface area contributed by atoms with Gasteiger partial charge < -0.3 is 10.2 Å². The molecule has 15 heavy (non-hydrogen) atoms. The quantitative estimate of drug-likeness (QED) is 0.773. The first-order valence-corrected chi connectivity index (χ1v) is 5.65. The third-order valence-electron chi connectivity index (χ3n) is 2.35. The number of anilines is 1. The van der Waals surface area contributed by atoms with Crippen molar-refractivity contribution in [3.05, 3.63) is 23.9 Å². The minimum absolute atomic E-state index is 0.897. The summed E-state index contributed by atoms with van der Waals surface area (Å²) in [7, 11) is 2.10. The summed E-state index contributed by atoms with van der Waals surface area (Å²) in [6.45, 7) is 7.24. The number of nitrogens with one attached hydrogen (secondary N) is 1. The minimum Gasteiger partial charge on any atom is -0.359 e. The average molecular weight is 207 g/mol. The zero-order valence-electron chi connectivity index (χ0n) is 9.95. The summed E-state index contributed by atoms with van der Waals surface area (Å²) in [6.07, 6.45) is 3.00. The molecule has 0 bridgehead atoms. The maximum absolute atomic E-state index is 4.44. The summed E-state index contributed by atoms with van der Waals surface area (Å²) in [5, 5.41) is 3.34. The predicted molar refractivity (Wildman–Crippen MR) is 65.2 cm³/mol. The lowest BCUT2D eigenvalue weighted by atomic mass is 10.2. The Hall–Kier alpha value is -1.09. The van der Waals surface area contributed by atoms with E-state index in [4.69, 9.17) is 0 Å². The lowest BCUT2D eigenvalue weighted by molar-refractivity contribution is 0.718. The Morgan fingerprint density at radius 2 is 2.20 bits per heavy atom. The molecule has 0 saturated carbocycles. The van der Waals surface area contributed by atoms with E-state index in [1.54, 1.807) is 0 Å². The molecule has 0 aliphatic rings. The van der Waals surface area contributed by atoms with Crippen molar-refractivity contribution in [1.29, 1.82) is 0 Å². The van der Waals surface area contributed by atoms with Crippen molar-refractivity contribution in [2.24, 2.45) is 0 Å². The van der Waals surface area contributed by atoms with Gasteiger partial charge in [-0.15, -0.1) is 0 Å². The van der Waals surface area contributed by atoms with Crippen molar-refractivity contribution in [3.8, 4) is 0 Å². The normalized spacial score (nSPS) is 10.3. The van der Waals surface area contributed by atoms with Crippen molar-refractivity contribution in [1.82, 2.24) is 10.3 Å². The molecule has 0 saturated heterocycles. The molecular weight excluding hydrogens is 186 g/mol. The van der Waals surface area contributed by atoms with Gasteiger partial charge in [0.15, 0.2) is 0 Å². The van der Waals surface area contributed by atoms with Gasteiger partial charge in [-0.1, -0.05) is 19.9 Å². The van der Waals surface area contributed by atoms with Crippen LogP contribution in [0.1, 0.15) is 25.8 Å². The maximum Gasteiger partial charge on any atom is 0.132 e. The second-order valence-corrected chi connectivity index (χ2v) is 3.69. The first-order valence-electron chi connectivity index (χ1n) is 5.65. The van der Waals surface area contributed by atoms with Crippen molar-refractivity contribution in [2.45, 2.75) is 26.8 Å². The van der Waals surface area contributed by atoms with E-state index in [2.05, 4.69) is 42.2 Å². The van der Waals surface area contributed by atoms with Gasteiger partial charge in [0.1, 0.15) is 5.82 Å². The molecule has 0 amide bonds. The highest BCUT2D eigenvalue weighted by atomic mass is 15.2. The van der Waals surface area contributed by atoms with Gasteiger partial charge in [-0.05, 0) is 19.0 Å². The molecule has 0 unspecified atom stereocenters. The molecule has 84 valence electrons. The van der Waals surface area contributed by atoms with Gasteiger partial charge in [0.25, 0.3) is 0 Å². The van der Waals surface area contributed by atoms with Gasteiger partial charge in [0.05, 0.1) is 0 Å². The van der Waals surface area contributed by atoms with Gasteiger partial charge in [0, 0.05) is 31.9 Å². The number of nitrogens with zero attached hydrogens (tertiary/aromatic N) is 2. The van der Waals surface area contributed by atoms with Crippen LogP contribution in [0.5, 0.6) is 0 Å². The van der Waals surface area contributed by atoms with E-state index in [0.717, 1.165) is 31.9 Å². The van der Waals surface area contributed by atoms with Crippen LogP contribution in [-0.4, -0.2) is 25.1 Å². The Bertz CT molecular complexity index is 286. The van der Waals surface area contributed by atoms with Crippen LogP contribution >= 0.6 is 0 Å². The van der Waals surface area contributed by atoms with Crippen LogP contribution in [0.15, 0.2) is 18.3 Å². The van der Waals surface area contributed by atoms with Crippen LogP contribution in [0.2, 0.25) is 0 Å². The molecule has 0 aliphatic carbocycles. The second kappa shape index (κ2) is 6.40. The number of aromatic nitrogens is 1. The fourth-order valence-corrected chi connectivity index (χ4v) is 1.61. The van der Waals surface area contributed by atoms with Crippen molar-refractivity contribution in [2.75, 3.05) is 25.0 Å². The van der Waals surface area contributed by atoms with Gasteiger partial charge in [0.2, 0.25) is 0 Å². The first-order chi connectivity index (χ1) is 7.29. The van der Waals surface area contributed by atoms with Gasteiger partial charge in [-0.3, -0.25) is 0 Å². The van der Waals surface area contributed by atoms with Crippen molar-refractivity contribution in [3.63, 3.8) is 0 Å². The van der Waals surface area contributed by atoms with Crippen molar-refractivity contribution < 1.29 is 0 Å². The molecule has 3 heteroatoms. The van der Waals surface area contributed by atoms with E-state index in [-0.39, 0.29) is 0 Å². The molecule has 1 rings (SSSR count). The van der Waals surface area contributed by atoms with E-state index < -0.39 is 0 Å². The number of hydrogen-bond donors (Lipinski definition) is 1. The van der Waals surface area contributed by atoms with Crippen LogP contribution < -0.4 is 10.2 Å². The highest BCUT2D eigenvalue weighted by molar-refractivity contribution is 5.45. The lowest BCUT2D eigenvalue weighted by Crippen LogP contribution is -2.22. The van der Waals surface area contributed by atoms with E-state index in [1.807, 2.05) is 12.3 Å². The highest BCUT2D eigenvalue weighted by Gasteiger charge is 2.06. The van der Waals surface area contributed by atoms with Gasteiger partial charge >= 0.3 is 0 Å². The zero-order chi connectivity index (χ0) is 11.1. The number of rotatable bonds is 6. The standard InChI is InChI=1S/C12H21N3/c1-4-9-15(3)12-11(10-13-5-2)7-6-8-14-12/h6-8,13H,4-5,9-10H2,1-3H3. The summed E-state index contributed by atoms with van der Waals surface area (Å²) >= 11 is 0. The summed E-state index contributed by atoms with van der Waals surface area (Å²) in [6, 6.07) is 4.13. The van der Waals surface area contributed by atoms with E-state index in [9.17, 15) is 0 Å². The largest absolute Gasteiger partial charge is 0.359 e. The molecule has 3 nitrogen and oxygen atoms in total. The van der Waals surface area contributed by atoms with E-state index in [1.165, 1.54) is 5.56 Å². The lowest BCUT2D eigenvalue weighted by Gasteiger charge is -2.20. The smallest absolute Gasteiger partial charge is 0.132 e. The topological polar surface area (TPSA) is 28.2 Å². The fourth-order valence-electron chi connectivity index (χ4n) is 1.61. The maximum atomic E-state index is 4.44. The molecule has 0 aromatic carbocycles. The highest BCUT2D eigenvalue weighted by Crippen LogP contribution is 2.15. The fraction of sp³-hybridized carbons (Fsp3) is 0.583. The Labute approximate surface area is 92.5 Å². The van der Waals surface area contributed by atoms with Crippen molar-refractivity contribution >= 4 is 5.82 Å². The Kier molecular flexibility index (Phi) is 5.12. The molecule has 1 aromatic rings. The SMILES string of the molecule is CCCN(C)c1ncccc1CNCC. The summed E-state index contributed by atoms with van der Waals surface area (Å²) in [5.74, 6) is 1.10. The van der Waals surface area contributed by atoms with Crippen LogP contribution in [0.4, 0.5) is 5.82 Å². The minimum atomic E-state index is 0.897. The third kappa shape index (κ3) is 3.51. The molecule has 1 N–H and O–H groups in total. The zero-order valence-corrected chi connectivity index (χ0v) is 9.95. The van der Waals surface area contributed by atoms with Crippen LogP contribution in [0.25, 0.3) is 0 Å². The second-order valence-electron chi connectivity index (χ2n) is 3.69. The monoisotopic (exact) mass is 207 g/mol. The molecule has 0 radical (unpaired) electrons. The average Bonchev–Trinajstić information content (AvgIpc) is 2.27. The van der Waals surface area contributed by atoms with E-state index in [0.29, 0.717) is 0 Å². The van der Waals surface area contributed by atoms with Crippen LogP contribution in [0, 0.1) is 0 Å². The first kappa shape index (κ1) is 12.0. The van der Waals surface area contributed by atoms with Crippen LogP contribution in [-0.2, 0) is 6.54 Å². The number of hydrogen-bond acceptors (Lipinski definition) is 3. The molecule has 1 heterocycles. The number of pyridine rings is 1. The molecule has 0 aliphatic heterocycles. The van der Waals surface area contributed by atoms with E-state index >= 15 is 0 Å². The van der Waals surface area contributed by atoms with Crippen LogP contribution in [0.3, 0.4) is 0 Å². The molecule has 0 atom stereocenters. The summed E-state index contributed by atoms with van der Waals surface area (Å²) in [5.41, 5.74) is 1.27. The third-order valence-corrected chi connectivity index (χ3v) is 2.35. The van der Waals surface area contributed by atoms with Gasteiger partial charge in [-0.25, -0.2) is 4.98 Å². The molecular formula is C12H21N3. The summed E-state index contributed by atoms with van der Waals surface area (Å²) in [4.78, 5) is 6.65. The molecule has 0 fully saturated rings. The Morgan fingerprint density at radius 3 is 2.87 bits per heavy atom. The summed E-state index contributed by atoms with van der Waals surface area (Å²) < 4.78 is 0. The molecule has 1 aromatic heterocycles. The van der Waals surface area contributed by atoms with Gasteiger partial charge in [-0.2, -0.15) is 0 Å². The predicted octanol–water partition coefficient (Wildman–Crippen LogP) is 2.04. The Balaban J connectivity index is 2.75. The Morgan fingerprint density at radius 1 is 1.40 bits per heavy atom.